The van der Waals surface area contributed by atoms with E-state index in [0.717, 1.165) is 10.3 Å². The number of alkyl halides is 1. The van der Waals surface area contributed by atoms with Crippen LogP contribution in [0.2, 0.25) is 0 Å². The number of hydrogen-bond acceptors (Lipinski definition) is 2. The van der Waals surface area contributed by atoms with Gasteiger partial charge in [0.05, 0.1) is 37.0 Å². The lowest BCUT2D eigenvalue weighted by Crippen LogP contribution is -2.47. The van der Waals surface area contributed by atoms with Gasteiger partial charge in [0, 0.05) is 28.8 Å². The summed E-state index contributed by atoms with van der Waals surface area (Å²) in [7, 11) is 4.36. The largest absolute Gasteiger partial charge is 0.254 e. The minimum Gasteiger partial charge on any atom is -0.249 e. The number of fused-ring (bicyclic) bond motifs is 1. The molecule has 2 rings (SSSR count). The molecule has 0 radical (unpaired) electrons. The molecule has 1 unspecified atom stereocenters. The van der Waals surface area contributed by atoms with Crippen molar-refractivity contribution in [2.45, 2.75) is 4.17 Å². The quantitative estimate of drug-likeness (QED) is 0.218. The van der Waals surface area contributed by atoms with E-state index in [-0.39, 0.29) is 0 Å². The zero-order valence-corrected chi connectivity index (χ0v) is 11.7. The molecule has 1 aromatic rings. The SMILES string of the molecule is C[N+]1(C)c2ncccc2N(I)C1I. The van der Waals surface area contributed by atoms with Crippen molar-refractivity contribution >= 4 is 57.0 Å². The van der Waals surface area contributed by atoms with Crippen molar-refractivity contribution in [1.29, 1.82) is 0 Å². The fraction of sp³-hybridized carbons (Fsp3) is 0.375. The van der Waals surface area contributed by atoms with Crippen LogP contribution >= 0.6 is 45.5 Å². The normalized spacial score (nSPS) is 24.6. The molecule has 3 nitrogen and oxygen atoms in total. The van der Waals surface area contributed by atoms with Gasteiger partial charge in [-0.1, -0.05) is 0 Å². The number of pyridine rings is 1. The molecule has 0 saturated carbocycles. The van der Waals surface area contributed by atoms with Gasteiger partial charge in [0.1, 0.15) is 5.69 Å². The second-order valence-electron chi connectivity index (χ2n) is 3.51. The summed E-state index contributed by atoms with van der Waals surface area (Å²) >= 11 is 4.79. The zero-order chi connectivity index (χ0) is 9.64. The van der Waals surface area contributed by atoms with Gasteiger partial charge in [-0.3, -0.25) is 0 Å². The lowest BCUT2D eigenvalue weighted by atomic mass is 10.4. The molecule has 0 N–H and O–H groups in total. The first-order valence-electron chi connectivity index (χ1n) is 3.93. The first-order chi connectivity index (χ1) is 6.05. The average Bonchev–Trinajstić information content (AvgIpc) is 2.30. The molecule has 0 spiro atoms. The Morgan fingerprint density at radius 2 is 2.23 bits per heavy atom. The van der Waals surface area contributed by atoms with Crippen molar-refractivity contribution < 1.29 is 0 Å². The Kier molecular flexibility index (Phi) is 2.44. The van der Waals surface area contributed by atoms with Crippen LogP contribution in [0.25, 0.3) is 0 Å². The van der Waals surface area contributed by atoms with Crippen LogP contribution in [0.1, 0.15) is 0 Å². The maximum atomic E-state index is 4.43. The van der Waals surface area contributed by atoms with E-state index in [1.165, 1.54) is 5.69 Å². The number of quaternary nitrogens is 1. The lowest BCUT2D eigenvalue weighted by molar-refractivity contribution is 0.417. The molecule has 1 atom stereocenters. The van der Waals surface area contributed by atoms with Gasteiger partial charge in [-0.15, -0.1) is 0 Å². The van der Waals surface area contributed by atoms with Crippen LogP contribution in [-0.2, 0) is 0 Å². The molecule has 5 heteroatoms. The number of halogens is 2. The first-order valence-corrected chi connectivity index (χ1v) is 6.14. The minimum atomic E-state index is 0.420. The Bertz CT molecular complexity index is 340. The summed E-state index contributed by atoms with van der Waals surface area (Å²) in [5.41, 5.74) is 1.23. The second kappa shape index (κ2) is 3.20. The maximum absolute atomic E-state index is 4.43. The fourth-order valence-electron chi connectivity index (χ4n) is 1.47. The van der Waals surface area contributed by atoms with Gasteiger partial charge >= 0.3 is 0 Å². The molecule has 13 heavy (non-hydrogen) atoms. The Labute approximate surface area is 105 Å². The monoisotopic (exact) mass is 402 g/mol. The topological polar surface area (TPSA) is 16.1 Å². The van der Waals surface area contributed by atoms with E-state index in [4.69, 9.17) is 0 Å². The zero-order valence-electron chi connectivity index (χ0n) is 7.41. The Morgan fingerprint density at radius 1 is 1.54 bits per heavy atom. The highest BCUT2D eigenvalue weighted by atomic mass is 127. The molecule has 1 aliphatic rings. The van der Waals surface area contributed by atoms with Crippen LogP contribution in [0.3, 0.4) is 0 Å². The molecule has 1 aromatic heterocycles. The molecule has 0 amide bonds. The van der Waals surface area contributed by atoms with Gasteiger partial charge in [0.15, 0.2) is 0 Å². The van der Waals surface area contributed by atoms with Crippen molar-refractivity contribution in [3.8, 4) is 0 Å². The summed E-state index contributed by atoms with van der Waals surface area (Å²) in [5, 5.41) is 0. The molecular formula is C8H10I2N3+. The molecular weight excluding hydrogens is 392 g/mol. The third-order valence-electron chi connectivity index (χ3n) is 2.26. The van der Waals surface area contributed by atoms with E-state index in [0.29, 0.717) is 4.17 Å². The molecule has 0 saturated heterocycles. The van der Waals surface area contributed by atoms with Gasteiger partial charge in [0.25, 0.3) is 5.82 Å². The number of anilines is 1. The van der Waals surface area contributed by atoms with Gasteiger partial charge in [-0.25, -0.2) is 12.6 Å². The van der Waals surface area contributed by atoms with E-state index in [1.807, 2.05) is 12.3 Å². The predicted molar refractivity (Wildman–Crippen MR) is 72.2 cm³/mol. The lowest BCUT2D eigenvalue weighted by Gasteiger charge is -2.27. The third kappa shape index (κ3) is 1.35. The Hall–Kier alpha value is 0.370. The summed E-state index contributed by atoms with van der Waals surface area (Å²) in [6, 6.07) is 4.10. The van der Waals surface area contributed by atoms with E-state index in [2.05, 4.69) is 73.7 Å². The summed E-state index contributed by atoms with van der Waals surface area (Å²) in [5.74, 6) is 1.15. The molecule has 70 valence electrons. The molecule has 2 heterocycles. The average molecular weight is 402 g/mol. The Balaban J connectivity index is 2.61. The van der Waals surface area contributed by atoms with Crippen LogP contribution < -0.4 is 7.60 Å². The van der Waals surface area contributed by atoms with Crippen molar-refractivity contribution in [1.82, 2.24) is 9.47 Å². The summed E-state index contributed by atoms with van der Waals surface area (Å²) < 4.78 is 3.48. The van der Waals surface area contributed by atoms with Crippen LogP contribution in [0.15, 0.2) is 18.3 Å². The number of nitrogens with zero attached hydrogens (tertiary/aromatic N) is 3. The standard InChI is InChI=1S/C8H10I2N3/c1-13(2)7-6(4-3-5-11-7)12(10)8(13)9/h3-5,8H,1-2H3/q+1. The number of rotatable bonds is 0. The fourth-order valence-corrected chi connectivity index (χ4v) is 3.03. The van der Waals surface area contributed by atoms with E-state index < -0.39 is 0 Å². The summed E-state index contributed by atoms with van der Waals surface area (Å²) in [6.07, 6.45) is 1.86. The van der Waals surface area contributed by atoms with Crippen LogP contribution in [0.4, 0.5) is 11.5 Å². The van der Waals surface area contributed by atoms with E-state index >= 15 is 0 Å². The number of aromatic nitrogens is 1. The first kappa shape index (κ1) is 9.91. The van der Waals surface area contributed by atoms with Gasteiger partial charge < -0.3 is 0 Å². The van der Waals surface area contributed by atoms with Crippen molar-refractivity contribution in [2.24, 2.45) is 0 Å². The third-order valence-corrected chi connectivity index (χ3v) is 6.32. The van der Waals surface area contributed by atoms with Crippen LogP contribution in [0.5, 0.6) is 0 Å². The highest BCUT2D eigenvalue weighted by Crippen LogP contribution is 2.45. The highest BCUT2D eigenvalue weighted by molar-refractivity contribution is 14.1. The highest BCUT2D eigenvalue weighted by Gasteiger charge is 2.44. The van der Waals surface area contributed by atoms with Gasteiger partial charge in [-0.05, 0) is 12.1 Å². The maximum Gasteiger partial charge on any atom is 0.254 e. The molecule has 0 aromatic carbocycles. The number of hydrogen-bond donors (Lipinski definition) is 0. The van der Waals surface area contributed by atoms with Crippen LogP contribution in [0, 0.1) is 0 Å². The second-order valence-corrected chi connectivity index (χ2v) is 5.66. The van der Waals surface area contributed by atoms with Gasteiger partial charge in [0.2, 0.25) is 4.17 Å². The van der Waals surface area contributed by atoms with E-state index in [1.54, 1.807) is 0 Å². The molecule has 0 aliphatic carbocycles. The van der Waals surface area contributed by atoms with Crippen molar-refractivity contribution in [3.63, 3.8) is 0 Å². The summed E-state index contributed by atoms with van der Waals surface area (Å²) in [4.78, 5) is 4.43. The van der Waals surface area contributed by atoms with Crippen molar-refractivity contribution in [2.75, 3.05) is 17.2 Å². The van der Waals surface area contributed by atoms with E-state index in [9.17, 15) is 0 Å². The smallest absolute Gasteiger partial charge is 0.249 e. The molecule has 0 bridgehead atoms. The molecule has 1 aliphatic heterocycles. The van der Waals surface area contributed by atoms with Crippen molar-refractivity contribution in [3.05, 3.63) is 18.3 Å². The minimum absolute atomic E-state index is 0.420. The van der Waals surface area contributed by atoms with Crippen LogP contribution in [-0.4, -0.2) is 23.3 Å². The summed E-state index contributed by atoms with van der Waals surface area (Å²) in [6.45, 7) is 0. The molecule has 0 fully saturated rings. The predicted octanol–water partition coefficient (Wildman–Crippen LogP) is 2.54. The van der Waals surface area contributed by atoms with Gasteiger partial charge in [-0.2, -0.15) is 0 Å². The Morgan fingerprint density at radius 3 is 2.85 bits per heavy atom.